The molecule has 0 saturated heterocycles. The Bertz CT molecular complexity index is 858. The van der Waals surface area contributed by atoms with E-state index in [4.69, 9.17) is 9.84 Å². The molecule has 0 aliphatic carbocycles. The van der Waals surface area contributed by atoms with Crippen LogP contribution >= 0.6 is 0 Å². The smallest absolute Gasteiger partial charge is 0.335 e. The minimum absolute atomic E-state index is 0.0684. The van der Waals surface area contributed by atoms with Gasteiger partial charge < -0.3 is 9.84 Å². The summed E-state index contributed by atoms with van der Waals surface area (Å²) in [5, 5.41) is 13.2. The zero-order chi connectivity index (χ0) is 17.9. The summed E-state index contributed by atoms with van der Waals surface area (Å²) in [6.45, 7) is 2.02. The van der Waals surface area contributed by atoms with Gasteiger partial charge in [0.2, 0.25) is 10.0 Å². The number of hydrogen-bond donors (Lipinski definition) is 2. The van der Waals surface area contributed by atoms with Gasteiger partial charge in [0, 0.05) is 32.0 Å². The molecular weight excluding hydrogens is 334 g/mol. The number of methoxy groups -OCH3 is 1. The van der Waals surface area contributed by atoms with E-state index in [2.05, 4.69) is 9.82 Å². The van der Waals surface area contributed by atoms with E-state index in [-0.39, 0.29) is 23.6 Å². The largest absolute Gasteiger partial charge is 0.478 e. The molecule has 2 aromatic rings. The Morgan fingerprint density at radius 2 is 2.08 bits per heavy atom. The molecule has 2 rings (SSSR count). The van der Waals surface area contributed by atoms with Crippen LogP contribution in [0.2, 0.25) is 0 Å². The van der Waals surface area contributed by atoms with Crippen molar-refractivity contribution in [2.75, 3.05) is 7.11 Å². The van der Waals surface area contributed by atoms with Gasteiger partial charge in [-0.1, -0.05) is 0 Å². The predicted octanol–water partition coefficient (Wildman–Crippen LogP) is 1.05. The van der Waals surface area contributed by atoms with Crippen LogP contribution in [0.1, 0.15) is 27.2 Å². The van der Waals surface area contributed by atoms with Gasteiger partial charge in [0.1, 0.15) is 0 Å². The molecule has 1 aromatic carbocycles. The zero-order valence-electron chi connectivity index (χ0n) is 13.6. The van der Waals surface area contributed by atoms with Gasteiger partial charge in [-0.2, -0.15) is 5.10 Å². The third-order valence-electron chi connectivity index (χ3n) is 3.62. The lowest BCUT2D eigenvalue weighted by atomic mass is 10.1. The lowest BCUT2D eigenvalue weighted by molar-refractivity contribution is 0.0696. The number of carboxylic acid groups (broad SMARTS) is 1. The van der Waals surface area contributed by atoms with Crippen molar-refractivity contribution < 1.29 is 23.1 Å². The molecular formula is C15H19N3O5S. The Labute approximate surface area is 140 Å². The maximum atomic E-state index is 12.5. The van der Waals surface area contributed by atoms with Crippen molar-refractivity contribution in [2.45, 2.75) is 25.0 Å². The molecule has 130 valence electrons. The van der Waals surface area contributed by atoms with Crippen LogP contribution in [0.25, 0.3) is 0 Å². The van der Waals surface area contributed by atoms with Crippen molar-refractivity contribution in [3.05, 3.63) is 46.8 Å². The second-order valence-electron chi connectivity index (χ2n) is 5.31. The SMILES string of the molecule is COCc1cc(C(=O)O)cc(S(=O)(=O)NCc2cnn(C)c2C)c1. The van der Waals surface area contributed by atoms with Crippen LogP contribution in [0.5, 0.6) is 0 Å². The number of aromatic nitrogens is 2. The second-order valence-corrected chi connectivity index (χ2v) is 7.07. The van der Waals surface area contributed by atoms with E-state index in [0.717, 1.165) is 17.3 Å². The molecule has 0 unspecified atom stereocenters. The van der Waals surface area contributed by atoms with E-state index in [1.807, 2.05) is 6.92 Å². The molecule has 0 saturated carbocycles. The van der Waals surface area contributed by atoms with E-state index in [0.29, 0.717) is 5.56 Å². The van der Waals surface area contributed by atoms with Crippen molar-refractivity contribution in [3.63, 3.8) is 0 Å². The standard InChI is InChI=1S/C15H19N3O5S/c1-10-13(7-16-18(10)2)8-17-24(21,22)14-5-11(9-23-3)4-12(6-14)15(19)20/h4-7,17H,8-9H2,1-3H3,(H,19,20). The van der Waals surface area contributed by atoms with Crippen molar-refractivity contribution in [1.29, 1.82) is 0 Å². The Morgan fingerprint density at radius 1 is 1.38 bits per heavy atom. The number of hydrogen-bond acceptors (Lipinski definition) is 5. The summed E-state index contributed by atoms with van der Waals surface area (Å²) in [7, 11) is -0.655. The topological polar surface area (TPSA) is 111 Å². The van der Waals surface area contributed by atoms with Gasteiger partial charge in [0.25, 0.3) is 0 Å². The molecule has 0 radical (unpaired) electrons. The Balaban J connectivity index is 2.30. The van der Waals surface area contributed by atoms with Crippen molar-refractivity contribution >= 4 is 16.0 Å². The van der Waals surface area contributed by atoms with Gasteiger partial charge in [-0.25, -0.2) is 17.9 Å². The number of aromatic carboxylic acids is 1. The molecule has 8 nitrogen and oxygen atoms in total. The first-order chi connectivity index (χ1) is 11.2. The number of nitrogens with zero attached hydrogens (tertiary/aromatic N) is 2. The van der Waals surface area contributed by atoms with Gasteiger partial charge in [0.05, 0.1) is 23.3 Å². The lowest BCUT2D eigenvalue weighted by Gasteiger charge is -2.10. The number of nitrogens with one attached hydrogen (secondary N) is 1. The van der Waals surface area contributed by atoms with Crippen LogP contribution in [0.3, 0.4) is 0 Å². The predicted molar refractivity (Wildman–Crippen MR) is 86.1 cm³/mol. The van der Waals surface area contributed by atoms with E-state index in [1.54, 1.807) is 17.9 Å². The normalized spacial score (nSPS) is 11.6. The summed E-state index contributed by atoms with van der Waals surface area (Å²) in [6.07, 6.45) is 1.59. The zero-order valence-corrected chi connectivity index (χ0v) is 14.4. The second kappa shape index (κ2) is 7.12. The molecule has 0 aliphatic heterocycles. The number of ether oxygens (including phenoxy) is 1. The van der Waals surface area contributed by atoms with Gasteiger partial charge in [0.15, 0.2) is 0 Å². The highest BCUT2D eigenvalue weighted by atomic mass is 32.2. The fraction of sp³-hybridized carbons (Fsp3) is 0.333. The molecule has 0 fully saturated rings. The maximum absolute atomic E-state index is 12.5. The average Bonchev–Trinajstić information content (AvgIpc) is 2.84. The number of rotatable bonds is 7. The molecule has 1 aromatic heterocycles. The van der Waals surface area contributed by atoms with Gasteiger partial charge in [-0.15, -0.1) is 0 Å². The molecule has 9 heteroatoms. The fourth-order valence-electron chi connectivity index (χ4n) is 2.16. The summed E-state index contributed by atoms with van der Waals surface area (Å²) in [4.78, 5) is 11.1. The molecule has 0 atom stereocenters. The molecule has 0 bridgehead atoms. The number of aryl methyl sites for hydroxylation is 1. The first-order valence-corrected chi connectivity index (χ1v) is 8.56. The first kappa shape index (κ1) is 18.1. The molecule has 24 heavy (non-hydrogen) atoms. The van der Waals surface area contributed by atoms with E-state index in [9.17, 15) is 13.2 Å². The number of carboxylic acids is 1. The van der Waals surface area contributed by atoms with Crippen LogP contribution in [-0.4, -0.2) is 36.4 Å². The average molecular weight is 353 g/mol. The van der Waals surface area contributed by atoms with Crippen LogP contribution in [0, 0.1) is 6.92 Å². The summed E-state index contributed by atoms with van der Waals surface area (Å²) in [5.74, 6) is -1.20. The number of carbonyl (C=O) groups is 1. The van der Waals surface area contributed by atoms with E-state index < -0.39 is 16.0 Å². The first-order valence-electron chi connectivity index (χ1n) is 7.08. The number of benzene rings is 1. The van der Waals surface area contributed by atoms with Crippen LogP contribution in [0.4, 0.5) is 0 Å². The van der Waals surface area contributed by atoms with Crippen LogP contribution in [-0.2, 0) is 35.0 Å². The summed E-state index contributed by atoms with van der Waals surface area (Å²) in [6, 6.07) is 3.91. The van der Waals surface area contributed by atoms with Crippen molar-refractivity contribution in [3.8, 4) is 0 Å². The molecule has 0 aliphatic rings. The van der Waals surface area contributed by atoms with Crippen molar-refractivity contribution in [1.82, 2.24) is 14.5 Å². The Kier molecular flexibility index (Phi) is 5.37. The monoisotopic (exact) mass is 353 g/mol. The van der Waals surface area contributed by atoms with Crippen LogP contribution < -0.4 is 4.72 Å². The van der Waals surface area contributed by atoms with E-state index in [1.165, 1.54) is 19.2 Å². The minimum atomic E-state index is -3.87. The van der Waals surface area contributed by atoms with Crippen LogP contribution in [0.15, 0.2) is 29.3 Å². The van der Waals surface area contributed by atoms with Gasteiger partial charge in [-0.05, 0) is 30.7 Å². The Hall–Kier alpha value is -2.23. The van der Waals surface area contributed by atoms with Gasteiger partial charge >= 0.3 is 5.97 Å². The lowest BCUT2D eigenvalue weighted by Crippen LogP contribution is -2.24. The van der Waals surface area contributed by atoms with Gasteiger partial charge in [-0.3, -0.25) is 4.68 Å². The summed E-state index contributed by atoms with van der Waals surface area (Å²) < 4.78 is 34.0. The molecule has 0 amide bonds. The number of sulfonamides is 1. The summed E-state index contributed by atoms with van der Waals surface area (Å²) in [5.41, 5.74) is 1.95. The summed E-state index contributed by atoms with van der Waals surface area (Å²) >= 11 is 0. The molecule has 0 spiro atoms. The fourth-order valence-corrected chi connectivity index (χ4v) is 3.26. The third-order valence-corrected chi connectivity index (χ3v) is 5.00. The highest BCUT2D eigenvalue weighted by Crippen LogP contribution is 2.17. The third kappa shape index (κ3) is 3.99. The van der Waals surface area contributed by atoms with E-state index >= 15 is 0 Å². The Morgan fingerprint density at radius 3 is 2.62 bits per heavy atom. The minimum Gasteiger partial charge on any atom is -0.478 e. The maximum Gasteiger partial charge on any atom is 0.335 e. The highest BCUT2D eigenvalue weighted by Gasteiger charge is 2.18. The van der Waals surface area contributed by atoms with Crippen molar-refractivity contribution in [2.24, 2.45) is 7.05 Å². The molecule has 2 N–H and O–H groups in total. The quantitative estimate of drug-likeness (QED) is 0.770. The molecule has 1 heterocycles. The highest BCUT2D eigenvalue weighted by molar-refractivity contribution is 7.89.